The van der Waals surface area contributed by atoms with Crippen molar-refractivity contribution in [2.75, 3.05) is 13.1 Å². The Morgan fingerprint density at radius 2 is 1.89 bits per heavy atom. The topological polar surface area (TPSA) is 44.4 Å². The number of nitrogens with zero attached hydrogens (tertiary/aromatic N) is 1. The Morgan fingerprint density at radius 1 is 1.17 bits per heavy atom. The molecule has 96 valence electrons. The van der Waals surface area contributed by atoms with Gasteiger partial charge in [-0.1, -0.05) is 30.3 Å². The number of benzene rings is 1. The molecule has 2 aliphatic heterocycles. The second-order valence-electron chi connectivity index (χ2n) is 5.26. The summed E-state index contributed by atoms with van der Waals surface area (Å²) in [6, 6.07) is 10.3. The second kappa shape index (κ2) is 4.71. The molecule has 0 aromatic heterocycles. The highest BCUT2D eigenvalue weighted by atomic mass is 16.2. The molecule has 1 spiro atoms. The van der Waals surface area contributed by atoms with Gasteiger partial charge in [0.05, 0.1) is 5.54 Å². The number of carbonyl (C=O) groups is 1. The van der Waals surface area contributed by atoms with E-state index in [1.54, 1.807) is 0 Å². The van der Waals surface area contributed by atoms with Gasteiger partial charge in [-0.05, 0) is 31.5 Å². The number of hydrogen-bond donors (Lipinski definition) is 2. The molecule has 1 amide bonds. The van der Waals surface area contributed by atoms with E-state index in [0.29, 0.717) is 6.42 Å². The van der Waals surface area contributed by atoms with E-state index in [1.807, 2.05) is 18.2 Å². The third kappa shape index (κ3) is 2.13. The first-order valence-corrected chi connectivity index (χ1v) is 6.60. The third-order valence-corrected chi connectivity index (χ3v) is 4.04. The van der Waals surface area contributed by atoms with E-state index in [-0.39, 0.29) is 11.4 Å². The van der Waals surface area contributed by atoms with Crippen molar-refractivity contribution in [1.82, 2.24) is 15.8 Å². The summed E-state index contributed by atoms with van der Waals surface area (Å²) in [6.45, 7) is 2.80. The van der Waals surface area contributed by atoms with Gasteiger partial charge in [-0.25, -0.2) is 5.01 Å². The van der Waals surface area contributed by atoms with E-state index in [0.717, 1.165) is 32.5 Å². The van der Waals surface area contributed by atoms with E-state index >= 15 is 0 Å². The summed E-state index contributed by atoms with van der Waals surface area (Å²) < 4.78 is 0. The molecule has 2 N–H and O–H groups in total. The summed E-state index contributed by atoms with van der Waals surface area (Å²) in [5, 5.41) is 5.53. The smallest absolute Gasteiger partial charge is 0.236 e. The summed E-state index contributed by atoms with van der Waals surface area (Å²) >= 11 is 0. The molecular weight excluding hydrogens is 226 g/mol. The van der Waals surface area contributed by atoms with E-state index in [4.69, 9.17) is 0 Å². The van der Waals surface area contributed by atoms with Gasteiger partial charge in [0, 0.05) is 13.0 Å². The zero-order chi connectivity index (χ0) is 12.4. The lowest BCUT2D eigenvalue weighted by atomic mass is 9.85. The van der Waals surface area contributed by atoms with Gasteiger partial charge in [0.1, 0.15) is 0 Å². The summed E-state index contributed by atoms with van der Waals surface area (Å²) in [4.78, 5) is 11.7. The van der Waals surface area contributed by atoms with Crippen molar-refractivity contribution in [2.45, 2.75) is 31.3 Å². The number of amides is 1. The van der Waals surface area contributed by atoms with Crippen LogP contribution < -0.4 is 10.7 Å². The number of piperidine rings is 1. The molecule has 2 fully saturated rings. The SMILES string of the molecule is O=C1CC2(CCNCC2)N(Cc2ccccc2)N1. The van der Waals surface area contributed by atoms with Crippen LogP contribution in [0.3, 0.4) is 0 Å². The van der Waals surface area contributed by atoms with Gasteiger partial charge in [0.25, 0.3) is 0 Å². The van der Waals surface area contributed by atoms with E-state index < -0.39 is 0 Å². The van der Waals surface area contributed by atoms with Crippen LogP contribution in [0.4, 0.5) is 0 Å². The van der Waals surface area contributed by atoms with Crippen molar-refractivity contribution in [2.24, 2.45) is 0 Å². The Morgan fingerprint density at radius 3 is 2.61 bits per heavy atom. The molecule has 0 bridgehead atoms. The fourth-order valence-corrected chi connectivity index (χ4v) is 3.01. The van der Waals surface area contributed by atoms with Crippen LogP contribution in [-0.4, -0.2) is 29.5 Å². The fourth-order valence-electron chi connectivity index (χ4n) is 3.01. The highest BCUT2D eigenvalue weighted by Crippen LogP contribution is 2.33. The zero-order valence-corrected chi connectivity index (χ0v) is 10.5. The van der Waals surface area contributed by atoms with Crippen molar-refractivity contribution in [3.05, 3.63) is 35.9 Å². The van der Waals surface area contributed by atoms with Crippen LogP contribution in [-0.2, 0) is 11.3 Å². The maximum absolute atomic E-state index is 11.7. The van der Waals surface area contributed by atoms with Crippen molar-refractivity contribution in [1.29, 1.82) is 0 Å². The van der Waals surface area contributed by atoms with Crippen LogP contribution in [0.1, 0.15) is 24.8 Å². The molecule has 3 rings (SSSR count). The average molecular weight is 245 g/mol. The molecule has 0 unspecified atom stereocenters. The van der Waals surface area contributed by atoms with Crippen molar-refractivity contribution in [3.8, 4) is 0 Å². The number of rotatable bonds is 2. The summed E-state index contributed by atoms with van der Waals surface area (Å²) in [5.74, 6) is 0.160. The van der Waals surface area contributed by atoms with Crippen LogP contribution in [0.5, 0.6) is 0 Å². The largest absolute Gasteiger partial charge is 0.317 e. The van der Waals surface area contributed by atoms with Crippen molar-refractivity contribution >= 4 is 5.91 Å². The lowest BCUT2D eigenvalue weighted by Crippen LogP contribution is -2.53. The monoisotopic (exact) mass is 245 g/mol. The molecule has 0 saturated carbocycles. The molecule has 4 nitrogen and oxygen atoms in total. The molecule has 0 radical (unpaired) electrons. The van der Waals surface area contributed by atoms with Gasteiger partial charge in [-0.3, -0.25) is 10.2 Å². The van der Waals surface area contributed by atoms with Gasteiger partial charge < -0.3 is 5.32 Å². The molecular formula is C14H19N3O. The van der Waals surface area contributed by atoms with Crippen molar-refractivity contribution in [3.63, 3.8) is 0 Å². The van der Waals surface area contributed by atoms with Crippen LogP contribution in [0.2, 0.25) is 0 Å². The second-order valence-corrected chi connectivity index (χ2v) is 5.26. The molecule has 1 aromatic carbocycles. The lowest BCUT2D eigenvalue weighted by Gasteiger charge is -2.40. The lowest BCUT2D eigenvalue weighted by molar-refractivity contribution is -0.121. The van der Waals surface area contributed by atoms with Gasteiger partial charge in [0.2, 0.25) is 5.91 Å². The molecule has 4 heteroatoms. The van der Waals surface area contributed by atoms with Gasteiger partial charge >= 0.3 is 0 Å². The Bertz CT molecular complexity index is 426. The average Bonchev–Trinajstić information content (AvgIpc) is 2.67. The number of carbonyl (C=O) groups excluding carboxylic acids is 1. The number of hydrazine groups is 1. The highest BCUT2D eigenvalue weighted by molar-refractivity contribution is 5.79. The molecule has 1 aromatic rings. The quantitative estimate of drug-likeness (QED) is 0.818. The number of nitrogens with one attached hydrogen (secondary N) is 2. The van der Waals surface area contributed by atoms with Crippen LogP contribution in [0, 0.1) is 0 Å². The third-order valence-electron chi connectivity index (χ3n) is 4.04. The van der Waals surface area contributed by atoms with Crippen LogP contribution in [0.25, 0.3) is 0 Å². The van der Waals surface area contributed by atoms with Crippen LogP contribution >= 0.6 is 0 Å². The Labute approximate surface area is 107 Å². The molecule has 0 aliphatic carbocycles. The summed E-state index contributed by atoms with van der Waals surface area (Å²) in [6.07, 6.45) is 2.72. The minimum atomic E-state index is 0.0260. The predicted molar refractivity (Wildman–Crippen MR) is 69.6 cm³/mol. The molecule has 2 saturated heterocycles. The maximum atomic E-state index is 11.7. The van der Waals surface area contributed by atoms with Crippen molar-refractivity contribution < 1.29 is 4.79 Å². The first-order chi connectivity index (χ1) is 8.78. The number of hydrogen-bond acceptors (Lipinski definition) is 3. The highest BCUT2D eigenvalue weighted by Gasteiger charge is 2.45. The Kier molecular flexibility index (Phi) is 3.06. The Balaban J connectivity index is 1.79. The predicted octanol–water partition coefficient (Wildman–Crippen LogP) is 1.05. The normalized spacial score (nSPS) is 23.2. The zero-order valence-electron chi connectivity index (χ0n) is 10.5. The molecule has 18 heavy (non-hydrogen) atoms. The minimum Gasteiger partial charge on any atom is -0.317 e. The van der Waals surface area contributed by atoms with E-state index in [1.165, 1.54) is 5.56 Å². The summed E-state index contributed by atoms with van der Waals surface area (Å²) in [5.41, 5.74) is 4.30. The van der Waals surface area contributed by atoms with Gasteiger partial charge in [0.15, 0.2) is 0 Å². The van der Waals surface area contributed by atoms with E-state index in [2.05, 4.69) is 27.9 Å². The minimum absolute atomic E-state index is 0.0260. The first kappa shape index (κ1) is 11.7. The van der Waals surface area contributed by atoms with Gasteiger partial charge in [-0.15, -0.1) is 0 Å². The fraction of sp³-hybridized carbons (Fsp3) is 0.500. The standard InChI is InChI=1S/C14H19N3O/c18-13-10-14(6-8-15-9-7-14)17(16-13)11-12-4-2-1-3-5-12/h1-5,15H,6-11H2,(H,16,18). The molecule has 2 heterocycles. The van der Waals surface area contributed by atoms with Gasteiger partial charge in [-0.2, -0.15) is 0 Å². The summed E-state index contributed by atoms with van der Waals surface area (Å²) in [7, 11) is 0. The first-order valence-electron chi connectivity index (χ1n) is 6.60. The molecule has 0 atom stereocenters. The van der Waals surface area contributed by atoms with E-state index in [9.17, 15) is 4.79 Å². The molecule has 2 aliphatic rings. The van der Waals surface area contributed by atoms with Crippen LogP contribution in [0.15, 0.2) is 30.3 Å². The maximum Gasteiger partial charge on any atom is 0.236 e. The Hall–Kier alpha value is -1.39.